The fourth-order valence-corrected chi connectivity index (χ4v) is 1.51. The van der Waals surface area contributed by atoms with Crippen molar-refractivity contribution in [3.8, 4) is 0 Å². The van der Waals surface area contributed by atoms with Gasteiger partial charge in [-0.15, -0.1) is 0 Å². The maximum atomic E-state index is 11.1. The molecule has 0 radical (unpaired) electrons. The van der Waals surface area contributed by atoms with Gasteiger partial charge in [0.15, 0.2) is 0 Å². The van der Waals surface area contributed by atoms with Crippen LogP contribution in [0.5, 0.6) is 0 Å². The molecule has 0 aromatic carbocycles. The minimum Gasteiger partial charge on any atom is -0.369 e. The average molecular weight is 238 g/mol. The Balaban J connectivity index is 2.45. The summed E-state index contributed by atoms with van der Waals surface area (Å²) in [6.07, 6.45) is 2.85. The molecule has 0 bridgehead atoms. The van der Waals surface area contributed by atoms with Crippen LogP contribution >= 0.6 is 0 Å². The third-order valence-electron chi connectivity index (χ3n) is 2.78. The molecule has 0 atom stereocenters. The van der Waals surface area contributed by atoms with Crippen molar-refractivity contribution in [3.05, 3.63) is 18.0 Å². The van der Waals surface area contributed by atoms with Gasteiger partial charge >= 0.3 is 0 Å². The van der Waals surface area contributed by atoms with Crippen LogP contribution in [-0.4, -0.2) is 22.2 Å². The Morgan fingerprint density at radius 1 is 1.59 bits per heavy atom. The number of nitrogens with zero attached hydrogens (tertiary/aromatic N) is 2. The van der Waals surface area contributed by atoms with Gasteiger partial charge in [-0.3, -0.25) is 9.48 Å². The SMILES string of the molecule is CCCn1nccc1CNCC(C)(C)C(N)=O. The van der Waals surface area contributed by atoms with Gasteiger partial charge in [0.05, 0.1) is 11.1 Å². The Labute approximate surface area is 102 Å². The van der Waals surface area contributed by atoms with Gasteiger partial charge in [0.1, 0.15) is 0 Å². The second kappa shape index (κ2) is 5.82. The lowest BCUT2D eigenvalue weighted by atomic mass is 9.93. The molecule has 1 heterocycles. The fourth-order valence-electron chi connectivity index (χ4n) is 1.51. The number of hydrogen-bond donors (Lipinski definition) is 2. The molecule has 17 heavy (non-hydrogen) atoms. The Morgan fingerprint density at radius 3 is 2.88 bits per heavy atom. The Morgan fingerprint density at radius 2 is 2.29 bits per heavy atom. The molecule has 0 aliphatic heterocycles. The van der Waals surface area contributed by atoms with Gasteiger partial charge in [-0.25, -0.2) is 0 Å². The lowest BCUT2D eigenvalue weighted by Crippen LogP contribution is -2.40. The molecule has 5 nitrogen and oxygen atoms in total. The third-order valence-corrected chi connectivity index (χ3v) is 2.78. The highest BCUT2D eigenvalue weighted by atomic mass is 16.1. The van der Waals surface area contributed by atoms with Crippen LogP contribution in [-0.2, 0) is 17.9 Å². The van der Waals surface area contributed by atoms with E-state index in [1.165, 1.54) is 0 Å². The van der Waals surface area contributed by atoms with E-state index in [0.717, 1.165) is 18.7 Å². The van der Waals surface area contributed by atoms with E-state index >= 15 is 0 Å². The minimum absolute atomic E-state index is 0.285. The zero-order chi connectivity index (χ0) is 12.9. The van der Waals surface area contributed by atoms with E-state index in [-0.39, 0.29) is 5.91 Å². The van der Waals surface area contributed by atoms with E-state index in [2.05, 4.69) is 17.3 Å². The highest BCUT2D eigenvalue weighted by molar-refractivity contribution is 5.80. The molecule has 1 amide bonds. The number of carbonyl (C=O) groups excluding carboxylic acids is 1. The fraction of sp³-hybridized carbons (Fsp3) is 0.667. The van der Waals surface area contributed by atoms with Crippen molar-refractivity contribution in [1.82, 2.24) is 15.1 Å². The molecule has 0 unspecified atom stereocenters. The summed E-state index contributed by atoms with van der Waals surface area (Å²) in [5, 5.41) is 7.49. The maximum Gasteiger partial charge on any atom is 0.224 e. The highest BCUT2D eigenvalue weighted by Crippen LogP contribution is 2.12. The molecule has 0 saturated heterocycles. The molecular weight excluding hydrogens is 216 g/mol. The molecule has 1 rings (SSSR count). The molecule has 3 N–H and O–H groups in total. The van der Waals surface area contributed by atoms with Crippen molar-refractivity contribution < 1.29 is 4.79 Å². The predicted molar refractivity (Wildman–Crippen MR) is 67.2 cm³/mol. The third kappa shape index (κ3) is 3.85. The van der Waals surface area contributed by atoms with Crippen molar-refractivity contribution >= 4 is 5.91 Å². The van der Waals surface area contributed by atoms with Gasteiger partial charge in [0.2, 0.25) is 5.91 Å². The Kier molecular flexibility index (Phi) is 4.69. The number of aryl methyl sites for hydroxylation is 1. The number of primary amides is 1. The zero-order valence-electron chi connectivity index (χ0n) is 10.9. The smallest absolute Gasteiger partial charge is 0.224 e. The van der Waals surface area contributed by atoms with E-state index < -0.39 is 5.41 Å². The summed E-state index contributed by atoms with van der Waals surface area (Å²) in [5.74, 6) is -0.285. The number of nitrogens with two attached hydrogens (primary N) is 1. The van der Waals surface area contributed by atoms with Crippen molar-refractivity contribution in [2.24, 2.45) is 11.1 Å². The van der Waals surface area contributed by atoms with Crippen LogP contribution in [0.1, 0.15) is 32.9 Å². The lowest BCUT2D eigenvalue weighted by molar-refractivity contribution is -0.125. The minimum atomic E-state index is -0.518. The second-order valence-corrected chi connectivity index (χ2v) is 4.90. The zero-order valence-corrected chi connectivity index (χ0v) is 10.9. The quantitative estimate of drug-likeness (QED) is 0.741. The molecule has 1 aromatic rings. The summed E-state index contributed by atoms with van der Waals surface area (Å²) in [6.45, 7) is 7.99. The monoisotopic (exact) mass is 238 g/mol. The van der Waals surface area contributed by atoms with E-state index in [1.807, 2.05) is 24.6 Å². The van der Waals surface area contributed by atoms with E-state index in [4.69, 9.17) is 5.73 Å². The molecule has 5 heteroatoms. The normalized spacial score (nSPS) is 11.7. The molecule has 0 aliphatic rings. The molecule has 0 aliphatic carbocycles. The summed E-state index contributed by atoms with van der Waals surface area (Å²) in [4.78, 5) is 11.1. The second-order valence-electron chi connectivity index (χ2n) is 4.90. The van der Waals surface area contributed by atoms with Crippen LogP contribution in [0.15, 0.2) is 12.3 Å². The molecule has 1 aromatic heterocycles. The van der Waals surface area contributed by atoms with Gasteiger partial charge in [-0.1, -0.05) is 6.92 Å². The molecular formula is C12H22N4O. The number of rotatable bonds is 7. The Hall–Kier alpha value is -1.36. The highest BCUT2D eigenvalue weighted by Gasteiger charge is 2.24. The largest absolute Gasteiger partial charge is 0.369 e. The van der Waals surface area contributed by atoms with Crippen LogP contribution < -0.4 is 11.1 Å². The van der Waals surface area contributed by atoms with E-state index in [9.17, 15) is 4.79 Å². The topological polar surface area (TPSA) is 72.9 Å². The lowest BCUT2D eigenvalue weighted by Gasteiger charge is -2.20. The molecule has 96 valence electrons. The first-order valence-electron chi connectivity index (χ1n) is 5.98. The standard InChI is InChI=1S/C12H22N4O/c1-4-7-16-10(5-6-15-16)8-14-9-12(2,3)11(13)17/h5-6,14H,4,7-9H2,1-3H3,(H2,13,17). The first-order chi connectivity index (χ1) is 7.97. The summed E-state index contributed by atoms with van der Waals surface area (Å²) >= 11 is 0. The van der Waals surface area contributed by atoms with Gasteiger partial charge in [0.25, 0.3) is 0 Å². The number of carbonyl (C=O) groups is 1. The van der Waals surface area contributed by atoms with Crippen molar-refractivity contribution in [1.29, 1.82) is 0 Å². The first kappa shape index (κ1) is 13.7. The van der Waals surface area contributed by atoms with Crippen LogP contribution in [0.2, 0.25) is 0 Å². The van der Waals surface area contributed by atoms with Gasteiger partial charge in [-0.05, 0) is 26.3 Å². The number of nitrogens with one attached hydrogen (secondary N) is 1. The van der Waals surface area contributed by atoms with E-state index in [1.54, 1.807) is 6.20 Å². The summed E-state index contributed by atoms with van der Waals surface area (Å²) in [7, 11) is 0. The van der Waals surface area contributed by atoms with Crippen LogP contribution in [0.4, 0.5) is 0 Å². The van der Waals surface area contributed by atoms with Crippen LogP contribution in [0.25, 0.3) is 0 Å². The first-order valence-corrected chi connectivity index (χ1v) is 5.98. The van der Waals surface area contributed by atoms with Gasteiger partial charge in [0, 0.05) is 25.8 Å². The predicted octanol–water partition coefficient (Wildman–Crippen LogP) is 0.894. The number of amides is 1. The summed E-state index contributed by atoms with van der Waals surface area (Å²) < 4.78 is 1.98. The van der Waals surface area contributed by atoms with Crippen molar-refractivity contribution in [2.45, 2.75) is 40.3 Å². The average Bonchev–Trinajstić information content (AvgIpc) is 2.66. The molecule has 0 spiro atoms. The van der Waals surface area contributed by atoms with Gasteiger partial charge in [-0.2, -0.15) is 5.10 Å². The maximum absolute atomic E-state index is 11.1. The molecule has 0 saturated carbocycles. The van der Waals surface area contributed by atoms with Crippen molar-refractivity contribution in [2.75, 3.05) is 6.54 Å². The molecule has 0 fully saturated rings. The van der Waals surface area contributed by atoms with Crippen molar-refractivity contribution in [3.63, 3.8) is 0 Å². The van der Waals surface area contributed by atoms with Gasteiger partial charge < -0.3 is 11.1 Å². The summed E-state index contributed by atoms with van der Waals surface area (Å²) in [6, 6.07) is 1.99. The van der Waals surface area contributed by atoms with E-state index in [0.29, 0.717) is 13.1 Å². The number of hydrogen-bond acceptors (Lipinski definition) is 3. The van der Waals surface area contributed by atoms with Crippen LogP contribution in [0.3, 0.4) is 0 Å². The summed E-state index contributed by atoms with van der Waals surface area (Å²) in [5.41, 5.74) is 5.92. The van der Waals surface area contributed by atoms with Crippen LogP contribution in [0, 0.1) is 5.41 Å². The number of aromatic nitrogens is 2. The Bertz CT molecular complexity index is 370.